The summed E-state index contributed by atoms with van der Waals surface area (Å²) in [5.74, 6) is 0.490. The zero-order chi connectivity index (χ0) is 17.6. The molecule has 0 spiro atoms. The van der Waals surface area contributed by atoms with Gasteiger partial charge in [-0.05, 0) is 62.4 Å². The Morgan fingerprint density at radius 3 is 2.96 bits per heavy atom. The highest BCUT2D eigenvalue weighted by molar-refractivity contribution is 7.15. The summed E-state index contributed by atoms with van der Waals surface area (Å²) >= 11 is 1.45. The minimum absolute atomic E-state index is 0.0285. The molecule has 2 aromatic rings. The summed E-state index contributed by atoms with van der Waals surface area (Å²) in [7, 11) is 0. The fraction of sp³-hybridized carbons (Fsp3) is 0.474. The number of hydrogen-bond donors (Lipinski definition) is 2. The molecule has 1 fully saturated rings. The second kappa shape index (κ2) is 8.54. The van der Waals surface area contributed by atoms with Crippen molar-refractivity contribution in [3.05, 3.63) is 46.2 Å². The molecule has 0 atom stereocenters. The van der Waals surface area contributed by atoms with Crippen molar-refractivity contribution in [2.24, 2.45) is 5.92 Å². The second-order valence-electron chi connectivity index (χ2n) is 6.67. The van der Waals surface area contributed by atoms with E-state index in [0.29, 0.717) is 29.5 Å². The first-order valence-electron chi connectivity index (χ1n) is 8.80. The molecule has 25 heavy (non-hydrogen) atoms. The van der Waals surface area contributed by atoms with Crippen molar-refractivity contribution in [3.8, 4) is 0 Å². The quantitative estimate of drug-likeness (QED) is 0.820. The van der Waals surface area contributed by atoms with E-state index in [2.05, 4.69) is 15.6 Å². The molecule has 0 saturated carbocycles. The molecule has 1 saturated heterocycles. The third-order valence-electron chi connectivity index (χ3n) is 4.65. The minimum atomic E-state index is -0.187. The summed E-state index contributed by atoms with van der Waals surface area (Å²) in [6.07, 6.45) is 6.17. The molecule has 1 aromatic heterocycles. The van der Waals surface area contributed by atoms with Crippen molar-refractivity contribution >= 4 is 22.4 Å². The van der Waals surface area contributed by atoms with Crippen molar-refractivity contribution < 1.29 is 9.18 Å². The molecule has 2 heterocycles. The Morgan fingerprint density at radius 2 is 2.20 bits per heavy atom. The predicted molar refractivity (Wildman–Crippen MR) is 99.5 cm³/mol. The maximum Gasteiger partial charge on any atom is 0.226 e. The normalized spacial score (nSPS) is 15.3. The van der Waals surface area contributed by atoms with Gasteiger partial charge >= 0.3 is 0 Å². The summed E-state index contributed by atoms with van der Waals surface area (Å²) in [5, 5.41) is 6.85. The van der Waals surface area contributed by atoms with E-state index >= 15 is 0 Å². The van der Waals surface area contributed by atoms with Crippen LogP contribution >= 0.6 is 11.3 Å². The molecular weight excluding hydrogens is 337 g/mol. The molecule has 1 aliphatic rings. The lowest BCUT2D eigenvalue weighted by molar-refractivity contribution is -0.116. The Morgan fingerprint density at radius 1 is 1.40 bits per heavy atom. The van der Waals surface area contributed by atoms with Crippen LogP contribution in [-0.2, 0) is 11.2 Å². The van der Waals surface area contributed by atoms with Gasteiger partial charge in [0.05, 0.1) is 0 Å². The van der Waals surface area contributed by atoms with Crippen LogP contribution in [0.25, 0.3) is 0 Å². The maximum absolute atomic E-state index is 13.6. The van der Waals surface area contributed by atoms with Crippen LogP contribution in [0.1, 0.15) is 41.7 Å². The van der Waals surface area contributed by atoms with Crippen LogP contribution in [-0.4, -0.2) is 24.0 Å². The third kappa shape index (κ3) is 5.34. The van der Waals surface area contributed by atoms with Gasteiger partial charge in [-0.3, -0.25) is 4.79 Å². The molecule has 3 rings (SSSR count). The molecule has 1 aliphatic heterocycles. The molecule has 1 amide bonds. The average molecular weight is 361 g/mol. The number of aromatic nitrogens is 1. The SMILES string of the molecule is Cc1ccc(Cc2cnc(NC(=O)CCC3CCNCC3)s2)cc1F. The van der Waals surface area contributed by atoms with Crippen LogP contribution in [0.4, 0.5) is 9.52 Å². The highest BCUT2D eigenvalue weighted by Gasteiger charge is 2.15. The van der Waals surface area contributed by atoms with E-state index in [1.807, 2.05) is 6.07 Å². The van der Waals surface area contributed by atoms with E-state index in [0.717, 1.165) is 42.8 Å². The van der Waals surface area contributed by atoms with Gasteiger partial charge < -0.3 is 10.6 Å². The number of benzene rings is 1. The first-order valence-corrected chi connectivity index (χ1v) is 9.62. The number of thiazole rings is 1. The van der Waals surface area contributed by atoms with Crippen LogP contribution in [0.3, 0.4) is 0 Å². The van der Waals surface area contributed by atoms with Crippen LogP contribution < -0.4 is 10.6 Å². The lowest BCUT2D eigenvalue weighted by Gasteiger charge is -2.21. The van der Waals surface area contributed by atoms with Crippen molar-refractivity contribution in [2.75, 3.05) is 18.4 Å². The lowest BCUT2D eigenvalue weighted by atomic mass is 9.93. The highest BCUT2D eigenvalue weighted by atomic mass is 32.1. The number of carbonyl (C=O) groups excluding carboxylic acids is 1. The molecular formula is C19H24FN3OS. The predicted octanol–water partition coefficient (Wildman–Crippen LogP) is 3.90. The summed E-state index contributed by atoms with van der Waals surface area (Å²) < 4.78 is 13.6. The van der Waals surface area contributed by atoms with E-state index in [1.54, 1.807) is 25.3 Å². The van der Waals surface area contributed by atoms with Crippen molar-refractivity contribution in [2.45, 2.75) is 39.0 Å². The number of anilines is 1. The molecule has 0 radical (unpaired) electrons. The van der Waals surface area contributed by atoms with Crippen LogP contribution in [0, 0.1) is 18.7 Å². The number of halogens is 1. The zero-order valence-corrected chi connectivity index (χ0v) is 15.3. The largest absolute Gasteiger partial charge is 0.317 e. The average Bonchev–Trinajstić information content (AvgIpc) is 3.04. The molecule has 4 nitrogen and oxygen atoms in total. The summed E-state index contributed by atoms with van der Waals surface area (Å²) in [5.41, 5.74) is 1.56. The number of amides is 1. The number of nitrogens with one attached hydrogen (secondary N) is 2. The Hall–Kier alpha value is -1.79. The second-order valence-corrected chi connectivity index (χ2v) is 7.79. The van der Waals surface area contributed by atoms with Gasteiger partial charge in [0.15, 0.2) is 5.13 Å². The third-order valence-corrected chi connectivity index (χ3v) is 5.57. The van der Waals surface area contributed by atoms with Gasteiger partial charge in [-0.1, -0.05) is 12.1 Å². The standard InChI is InChI=1S/C19H24FN3OS/c1-13-2-3-15(11-17(13)20)10-16-12-22-19(25-16)23-18(24)5-4-14-6-8-21-9-7-14/h2-3,11-12,14,21H,4-10H2,1H3,(H,22,23,24). The van der Waals surface area contributed by atoms with Crippen LogP contribution in [0.15, 0.2) is 24.4 Å². The molecule has 1 aromatic carbocycles. The minimum Gasteiger partial charge on any atom is -0.317 e. The van der Waals surface area contributed by atoms with Gasteiger partial charge in [-0.15, -0.1) is 11.3 Å². The van der Waals surface area contributed by atoms with E-state index < -0.39 is 0 Å². The van der Waals surface area contributed by atoms with Crippen LogP contribution in [0.2, 0.25) is 0 Å². The molecule has 134 valence electrons. The van der Waals surface area contributed by atoms with Gasteiger partial charge in [-0.25, -0.2) is 9.37 Å². The first kappa shape index (κ1) is 18.0. The number of carbonyl (C=O) groups is 1. The number of nitrogens with zero attached hydrogens (tertiary/aromatic N) is 1. The molecule has 0 aliphatic carbocycles. The summed E-state index contributed by atoms with van der Waals surface area (Å²) in [6.45, 7) is 3.87. The van der Waals surface area contributed by atoms with Gasteiger partial charge in [-0.2, -0.15) is 0 Å². The number of rotatable bonds is 6. The zero-order valence-electron chi connectivity index (χ0n) is 14.5. The first-order chi connectivity index (χ1) is 12.1. The van der Waals surface area contributed by atoms with Gasteiger partial charge in [0.1, 0.15) is 5.82 Å². The lowest BCUT2D eigenvalue weighted by Crippen LogP contribution is -2.28. The number of aryl methyl sites for hydroxylation is 1. The topological polar surface area (TPSA) is 54.0 Å². The molecule has 0 bridgehead atoms. The van der Waals surface area contributed by atoms with Crippen LogP contribution in [0.5, 0.6) is 0 Å². The Kier molecular flexibility index (Phi) is 6.15. The summed E-state index contributed by atoms with van der Waals surface area (Å²) in [6, 6.07) is 5.27. The highest BCUT2D eigenvalue weighted by Crippen LogP contribution is 2.23. The van der Waals surface area contributed by atoms with Gasteiger partial charge in [0, 0.05) is 23.9 Å². The number of hydrogen-bond acceptors (Lipinski definition) is 4. The van der Waals surface area contributed by atoms with Gasteiger partial charge in [0.25, 0.3) is 0 Å². The smallest absolute Gasteiger partial charge is 0.226 e. The molecule has 6 heteroatoms. The fourth-order valence-electron chi connectivity index (χ4n) is 3.08. The monoisotopic (exact) mass is 361 g/mol. The van der Waals surface area contributed by atoms with Crippen molar-refractivity contribution in [1.82, 2.24) is 10.3 Å². The Labute approximate surface area is 151 Å². The fourth-order valence-corrected chi connectivity index (χ4v) is 3.94. The molecule has 2 N–H and O–H groups in total. The maximum atomic E-state index is 13.6. The van der Waals surface area contributed by atoms with E-state index in [4.69, 9.17) is 0 Å². The number of piperidine rings is 1. The van der Waals surface area contributed by atoms with Gasteiger partial charge in [0.2, 0.25) is 5.91 Å². The van der Waals surface area contributed by atoms with Crippen molar-refractivity contribution in [1.29, 1.82) is 0 Å². The van der Waals surface area contributed by atoms with E-state index in [9.17, 15) is 9.18 Å². The van der Waals surface area contributed by atoms with Crippen molar-refractivity contribution in [3.63, 3.8) is 0 Å². The summed E-state index contributed by atoms with van der Waals surface area (Å²) in [4.78, 5) is 17.4. The van der Waals surface area contributed by atoms with E-state index in [1.165, 1.54) is 11.3 Å². The Bertz CT molecular complexity index is 725. The molecule has 0 unspecified atom stereocenters. The van der Waals surface area contributed by atoms with E-state index in [-0.39, 0.29) is 11.7 Å². The Balaban J connectivity index is 1.48.